The molecule has 13 nitrogen and oxygen atoms in total. The highest BCUT2D eigenvalue weighted by atomic mass is 16.6. The molecule has 2 N–H and O–H groups in total. The predicted molar refractivity (Wildman–Crippen MR) is 242 cm³/mol. The van der Waals surface area contributed by atoms with Crippen molar-refractivity contribution in [2.24, 2.45) is 0 Å². The summed E-state index contributed by atoms with van der Waals surface area (Å²) in [6.45, 7) is 6.33. The summed E-state index contributed by atoms with van der Waals surface area (Å²) in [5.41, 5.74) is 8.48. The summed E-state index contributed by atoms with van der Waals surface area (Å²) in [4.78, 5) is 44.2. The Hall–Kier alpha value is -7.80. The van der Waals surface area contributed by atoms with Crippen LogP contribution in [0.1, 0.15) is 5.56 Å². The van der Waals surface area contributed by atoms with Gasteiger partial charge in [0.15, 0.2) is 0 Å². The molecule has 13 heteroatoms. The number of carbonyl (C=O) groups excluding carboxylic acids is 1. The number of pyridine rings is 1. The van der Waals surface area contributed by atoms with Crippen molar-refractivity contribution in [1.82, 2.24) is 29.8 Å². The van der Waals surface area contributed by atoms with Crippen LogP contribution in [0.3, 0.4) is 0 Å². The summed E-state index contributed by atoms with van der Waals surface area (Å²) in [6.07, 6.45) is 5.19. The summed E-state index contributed by atoms with van der Waals surface area (Å²) in [5, 5.41) is 19.0. The topological polar surface area (TPSA) is 144 Å². The van der Waals surface area contributed by atoms with E-state index in [-0.39, 0.29) is 24.2 Å². The molecule has 5 aromatic carbocycles. The van der Waals surface area contributed by atoms with Crippen molar-refractivity contribution in [2.75, 3.05) is 67.1 Å². The summed E-state index contributed by atoms with van der Waals surface area (Å²) in [6, 6.07) is 42.1. The van der Waals surface area contributed by atoms with Gasteiger partial charge in [0, 0.05) is 58.6 Å². The van der Waals surface area contributed by atoms with E-state index >= 15 is 0 Å². The number of benzene rings is 5. The van der Waals surface area contributed by atoms with Crippen LogP contribution in [-0.2, 0) is 11.3 Å². The Labute approximate surface area is 359 Å². The van der Waals surface area contributed by atoms with Gasteiger partial charge in [0.2, 0.25) is 0 Å². The summed E-state index contributed by atoms with van der Waals surface area (Å²) < 4.78 is 5.45. The largest absolute Gasteiger partial charge is 0.508 e. The molecule has 2 saturated heterocycles. The third-order valence-corrected chi connectivity index (χ3v) is 11.1. The number of ether oxygens (including phenoxy) is 1. The maximum absolute atomic E-state index is 12.4. The Morgan fingerprint density at radius 2 is 0.952 bits per heavy atom. The normalized spacial score (nSPS) is 14.1. The fourth-order valence-corrected chi connectivity index (χ4v) is 7.61. The van der Waals surface area contributed by atoms with Crippen LogP contribution in [0.4, 0.5) is 22.2 Å². The summed E-state index contributed by atoms with van der Waals surface area (Å²) in [7, 11) is 0. The van der Waals surface area contributed by atoms with Crippen LogP contribution < -0.4 is 14.7 Å². The van der Waals surface area contributed by atoms with E-state index in [9.17, 15) is 15.0 Å². The first-order valence-corrected chi connectivity index (χ1v) is 20.7. The fourth-order valence-electron chi connectivity index (χ4n) is 7.61. The molecular formula is C49H45N9O4. The van der Waals surface area contributed by atoms with E-state index in [4.69, 9.17) is 14.7 Å². The van der Waals surface area contributed by atoms with Gasteiger partial charge in [-0.2, -0.15) is 0 Å². The van der Waals surface area contributed by atoms with E-state index in [0.29, 0.717) is 26.2 Å². The molecular weight excluding hydrogens is 779 g/mol. The number of carbonyl (C=O) groups is 1. The van der Waals surface area contributed by atoms with Crippen molar-refractivity contribution in [3.05, 3.63) is 158 Å². The minimum Gasteiger partial charge on any atom is -0.508 e. The quantitative estimate of drug-likeness (QED) is 0.160. The fraction of sp³-hybridized carbons (Fsp3) is 0.184. The molecule has 0 unspecified atom stereocenters. The lowest BCUT2D eigenvalue weighted by Crippen LogP contribution is -2.49. The lowest BCUT2D eigenvalue weighted by molar-refractivity contribution is 0.0941. The number of fused-ring (bicyclic) bond motifs is 2. The van der Waals surface area contributed by atoms with Gasteiger partial charge in [-0.05, 0) is 88.5 Å². The van der Waals surface area contributed by atoms with Crippen LogP contribution in [0, 0.1) is 0 Å². The number of aromatic nitrogens is 5. The first-order valence-electron chi connectivity index (χ1n) is 20.7. The Morgan fingerprint density at radius 1 is 0.484 bits per heavy atom. The SMILES string of the molecule is O=C(OCc1ccccc1)N1CCN(c2cnc3ccc(-c4ccc(O)cc4)cc3n2)CC1.Oc1ccc(-c2ccc3ncc(N4CCN(c5ccccn5)CC4)nc3c2)cc1. The number of rotatable bonds is 7. The van der Waals surface area contributed by atoms with Gasteiger partial charge in [-0.3, -0.25) is 9.97 Å². The Morgan fingerprint density at radius 3 is 1.45 bits per heavy atom. The van der Waals surface area contributed by atoms with Gasteiger partial charge in [0.05, 0.1) is 34.5 Å². The monoisotopic (exact) mass is 823 g/mol. The van der Waals surface area contributed by atoms with E-state index in [1.807, 2.05) is 109 Å². The first-order chi connectivity index (χ1) is 30.4. The minimum atomic E-state index is -0.290. The van der Waals surface area contributed by atoms with Crippen molar-refractivity contribution in [3.8, 4) is 33.8 Å². The molecule has 8 aromatic rings. The molecule has 5 heterocycles. The second kappa shape index (κ2) is 18.2. The number of aromatic hydroxyl groups is 2. The molecule has 0 saturated carbocycles. The van der Waals surface area contributed by atoms with Gasteiger partial charge in [0.25, 0.3) is 0 Å². The highest BCUT2D eigenvalue weighted by molar-refractivity contribution is 5.83. The molecule has 0 atom stereocenters. The molecule has 0 bridgehead atoms. The van der Waals surface area contributed by atoms with E-state index in [1.165, 1.54) is 0 Å². The van der Waals surface area contributed by atoms with E-state index < -0.39 is 0 Å². The maximum Gasteiger partial charge on any atom is 0.410 e. The van der Waals surface area contributed by atoms with E-state index in [2.05, 4.69) is 41.8 Å². The number of anilines is 3. The van der Waals surface area contributed by atoms with Crippen LogP contribution in [-0.4, -0.2) is 98.5 Å². The first kappa shape index (κ1) is 39.6. The number of hydrogen-bond donors (Lipinski definition) is 2. The zero-order valence-corrected chi connectivity index (χ0v) is 34.0. The Balaban J connectivity index is 0.000000159. The van der Waals surface area contributed by atoms with Crippen molar-refractivity contribution >= 4 is 45.6 Å². The third kappa shape index (κ3) is 9.32. The van der Waals surface area contributed by atoms with Gasteiger partial charge in [-0.25, -0.2) is 19.7 Å². The molecule has 3 aromatic heterocycles. The second-order valence-electron chi connectivity index (χ2n) is 15.1. The number of piperazine rings is 2. The number of nitrogens with zero attached hydrogens (tertiary/aromatic N) is 9. The molecule has 0 radical (unpaired) electrons. The second-order valence-corrected chi connectivity index (χ2v) is 15.1. The van der Waals surface area contributed by atoms with Crippen LogP contribution in [0.5, 0.6) is 11.5 Å². The zero-order chi connectivity index (χ0) is 42.3. The highest BCUT2D eigenvalue weighted by Gasteiger charge is 2.24. The van der Waals surface area contributed by atoms with Crippen LogP contribution >= 0.6 is 0 Å². The van der Waals surface area contributed by atoms with Gasteiger partial charge in [-0.15, -0.1) is 0 Å². The number of hydrogen-bond acceptors (Lipinski definition) is 12. The number of amides is 1. The zero-order valence-electron chi connectivity index (χ0n) is 34.0. The number of phenols is 2. The molecule has 2 fully saturated rings. The average molecular weight is 824 g/mol. The van der Waals surface area contributed by atoms with Crippen molar-refractivity contribution in [3.63, 3.8) is 0 Å². The standard InChI is InChI=1S/C26H24N4O3.C23H21N5O/c31-22-9-6-20(7-10-22)21-8-11-23-24(16-21)28-25(17-27-23)29-12-14-30(15-13-29)26(32)33-18-19-4-2-1-3-5-19;29-19-7-4-17(5-8-19)18-6-9-20-21(15-18)26-23(16-25-20)28-13-11-27(12-14-28)22-3-1-2-10-24-22/h1-11,16-17,31H,12-15,18H2;1-10,15-16,29H,11-14H2. The summed E-state index contributed by atoms with van der Waals surface area (Å²) >= 11 is 0. The Kier molecular flexibility index (Phi) is 11.7. The highest BCUT2D eigenvalue weighted by Crippen LogP contribution is 2.28. The van der Waals surface area contributed by atoms with E-state index in [1.54, 1.807) is 35.4 Å². The molecule has 62 heavy (non-hydrogen) atoms. The molecule has 2 aliphatic heterocycles. The molecule has 1 amide bonds. The van der Waals surface area contributed by atoms with Crippen molar-refractivity contribution in [1.29, 1.82) is 0 Å². The lowest BCUT2D eigenvalue weighted by Gasteiger charge is -2.35. The van der Waals surface area contributed by atoms with Gasteiger partial charge < -0.3 is 34.5 Å². The van der Waals surface area contributed by atoms with Gasteiger partial charge in [-0.1, -0.05) is 72.8 Å². The maximum atomic E-state index is 12.4. The Bertz CT molecular complexity index is 2760. The van der Waals surface area contributed by atoms with Crippen LogP contribution in [0.15, 0.2) is 152 Å². The molecule has 0 aliphatic carbocycles. The van der Waals surface area contributed by atoms with E-state index in [0.717, 1.165) is 93.5 Å². The van der Waals surface area contributed by atoms with Crippen LogP contribution in [0.25, 0.3) is 44.3 Å². The molecule has 310 valence electrons. The lowest BCUT2D eigenvalue weighted by atomic mass is 10.0. The van der Waals surface area contributed by atoms with Gasteiger partial charge >= 0.3 is 6.09 Å². The van der Waals surface area contributed by atoms with Gasteiger partial charge in [0.1, 0.15) is 35.6 Å². The number of phenolic OH excluding ortho intramolecular Hbond substituents is 2. The smallest absolute Gasteiger partial charge is 0.410 e. The molecule has 2 aliphatic rings. The average Bonchev–Trinajstić information content (AvgIpc) is 3.34. The summed E-state index contributed by atoms with van der Waals surface area (Å²) in [5.74, 6) is 3.23. The van der Waals surface area contributed by atoms with Crippen molar-refractivity contribution in [2.45, 2.75) is 6.61 Å². The van der Waals surface area contributed by atoms with Crippen LogP contribution in [0.2, 0.25) is 0 Å². The predicted octanol–water partition coefficient (Wildman–Crippen LogP) is 8.19. The molecule has 10 rings (SSSR count). The van der Waals surface area contributed by atoms with Crippen molar-refractivity contribution < 1.29 is 19.7 Å². The molecule has 0 spiro atoms. The third-order valence-electron chi connectivity index (χ3n) is 11.1. The minimum absolute atomic E-state index is 0.240.